The molecule has 0 aliphatic heterocycles. The van der Waals surface area contributed by atoms with E-state index >= 15 is 0 Å². The number of rotatable bonds is 6. The molecule has 0 spiro atoms. The molecule has 0 unspecified atom stereocenters. The summed E-state index contributed by atoms with van der Waals surface area (Å²) in [5.41, 5.74) is 1.57. The number of alkyl halides is 1. The standard InChI is InChI=1S/C15H14ClNO4/c1-20-14-5-6-15(12(8-14)9-16)21-10-11-3-2-4-13(7-11)17(18)19/h2-8H,9-10H2,1H3. The summed E-state index contributed by atoms with van der Waals surface area (Å²) in [5.74, 6) is 1.63. The molecule has 0 aliphatic carbocycles. The number of methoxy groups -OCH3 is 1. The Hall–Kier alpha value is -2.27. The summed E-state index contributed by atoms with van der Waals surface area (Å²) in [6, 6.07) is 11.7. The predicted octanol–water partition coefficient (Wildman–Crippen LogP) is 3.92. The van der Waals surface area contributed by atoms with Crippen molar-refractivity contribution < 1.29 is 14.4 Å². The molecule has 0 radical (unpaired) electrons. The van der Waals surface area contributed by atoms with Crippen LogP contribution in [0.3, 0.4) is 0 Å². The molecule has 0 heterocycles. The Bertz CT molecular complexity index is 645. The highest BCUT2D eigenvalue weighted by Gasteiger charge is 2.08. The van der Waals surface area contributed by atoms with Gasteiger partial charge in [-0.1, -0.05) is 12.1 Å². The first kappa shape index (κ1) is 15.1. The van der Waals surface area contributed by atoms with Crippen LogP contribution in [0.25, 0.3) is 0 Å². The van der Waals surface area contributed by atoms with Crippen LogP contribution in [0, 0.1) is 10.1 Å². The van der Waals surface area contributed by atoms with E-state index in [1.807, 2.05) is 0 Å². The van der Waals surface area contributed by atoms with Gasteiger partial charge in [0.05, 0.1) is 17.9 Å². The normalized spacial score (nSPS) is 10.2. The summed E-state index contributed by atoms with van der Waals surface area (Å²) < 4.78 is 10.8. The summed E-state index contributed by atoms with van der Waals surface area (Å²) >= 11 is 5.88. The molecule has 0 atom stereocenters. The lowest BCUT2D eigenvalue weighted by atomic mass is 10.2. The van der Waals surface area contributed by atoms with Crippen LogP contribution in [-0.4, -0.2) is 12.0 Å². The Morgan fingerprint density at radius 2 is 2.05 bits per heavy atom. The highest BCUT2D eigenvalue weighted by atomic mass is 35.5. The monoisotopic (exact) mass is 307 g/mol. The molecule has 6 heteroatoms. The van der Waals surface area contributed by atoms with Crippen LogP contribution in [-0.2, 0) is 12.5 Å². The SMILES string of the molecule is COc1ccc(OCc2cccc([N+](=O)[O-])c2)c(CCl)c1. The van der Waals surface area contributed by atoms with E-state index in [1.165, 1.54) is 12.1 Å². The first-order valence-electron chi connectivity index (χ1n) is 6.23. The number of nitro benzene ring substituents is 1. The van der Waals surface area contributed by atoms with E-state index in [1.54, 1.807) is 37.4 Å². The summed E-state index contributed by atoms with van der Waals surface area (Å²) in [6.07, 6.45) is 0. The molecule has 0 bridgehead atoms. The molecular formula is C15H14ClNO4. The maximum atomic E-state index is 10.7. The van der Waals surface area contributed by atoms with Crippen molar-refractivity contribution in [2.24, 2.45) is 0 Å². The van der Waals surface area contributed by atoms with Crippen LogP contribution < -0.4 is 9.47 Å². The molecule has 2 aromatic carbocycles. The van der Waals surface area contributed by atoms with Gasteiger partial charge in [-0.2, -0.15) is 0 Å². The van der Waals surface area contributed by atoms with E-state index in [2.05, 4.69) is 0 Å². The second-order valence-electron chi connectivity index (χ2n) is 4.32. The maximum Gasteiger partial charge on any atom is 0.269 e. The largest absolute Gasteiger partial charge is 0.497 e. The number of hydrogen-bond acceptors (Lipinski definition) is 4. The third-order valence-electron chi connectivity index (χ3n) is 2.93. The van der Waals surface area contributed by atoms with Crippen LogP contribution in [0.4, 0.5) is 5.69 Å². The first-order chi connectivity index (χ1) is 10.1. The Balaban J connectivity index is 2.12. The van der Waals surface area contributed by atoms with Gasteiger partial charge in [0, 0.05) is 17.7 Å². The molecule has 0 saturated heterocycles. The zero-order chi connectivity index (χ0) is 15.2. The quantitative estimate of drug-likeness (QED) is 0.461. The van der Waals surface area contributed by atoms with E-state index in [9.17, 15) is 10.1 Å². The molecule has 2 aromatic rings. The molecule has 110 valence electrons. The van der Waals surface area contributed by atoms with Crippen molar-refractivity contribution in [1.29, 1.82) is 0 Å². The summed E-state index contributed by atoms with van der Waals surface area (Å²) in [7, 11) is 1.58. The predicted molar refractivity (Wildman–Crippen MR) is 80.0 cm³/mol. The highest BCUT2D eigenvalue weighted by Crippen LogP contribution is 2.26. The van der Waals surface area contributed by atoms with Crippen molar-refractivity contribution in [2.75, 3.05) is 7.11 Å². The third-order valence-corrected chi connectivity index (χ3v) is 3.22. The van der Waals surface area contributed by atoms with Crippen molar-refractivity contribution >= 4 is 17.3 Å². The van der Waals surface area contributed by atoms with Gasteiger partial charge in [0.2, 0.25) is 0 Å². The fourth-order valence-corrected chi connectivity index (χ4v) is 2.06. The van der Waals surface area contributed by atoms with Crippen LogP contribution >= 0.6 is 11.6 Å². The van der Waals surface area contributed by atoms with Crippen LogP contribution in [0.2, 0.25) is 0 Å². The second-order valence-corrected chi connectivity index (χ2v) is 4.59. The van der Waals surface area contributed by atoms with Gasteiger partial charge < -0.3 is 9.47 Å². The van der Waals surface area contributed by atoms with Gasteiger partial charge in [-0.05, 0) is 23.8 Å². The minimum Gasteiger partial charge on any atom is -0.497 e. The number of nitrogens with zero attached hydrogens (tertiary/aromatic N) is 1. The van der Waals surface area contributed by atoms with E-state index in [-0.39, 0.29) is 12.3 Å². The summed E-state index contributed by atoms with van der Waals surface area (Å²) in [5, 5.41) is 10.7. The van der Waals surface area contributed by atoms with Crippen molar-refractivity contribution in [3.63, 3.8) is 0 Å². The smallest absolute Gasteiger partial charge is 0.269 e. The van der Waals surface area contributed by atoms with E-state index < -0.39 is 4.92 Å². The average molecular weight is 308 g/mol. The maximum absolute atomic E-state index is 10.7. The minimum atomic E-state index is -0.429. The molecule has 21 heavy (non-hydrogen) atoms. The lowest BCUT2D eigenvalue weighted by Gasteiger charge is -2.11. The molecule has 2 rings (SSSR count). The van der Waals surface area contributed by atoms with E-state index in [0.29, 0.717) is 17.4 Å². The number of halogens is 1. The Morgan fingerprint density at radius 1 is 1.24 bits per heavy atom. The van der Waals surface area contributed by atoms with Crippen LogP contribution in [0.1, 0.15) is 11.1 Å². The van der Waals surface area contributed by atoms with E-state index in [4.69, 9.17) is 21.1 Å². The van der Waals surface area contributed by atoms with Gasteiger partial charge in [0.25, 0.3) is 5.69 Å². The van der Waals surface area contributed by atoms with Gasteiger partial charge in [0.1, 0.15) is 18.1 Å². The number of benzene rings is 2. The number of hydrogen-bond donors (Lipinski definition) is 0. The lowest BCUT2D eigenvalue weighted by Crippen LogP contribution is -1.99. The molecule has 5 nitrogen and oxygen atoms in total. The molecule has 0 aliphatic rings. The third kappa shape index (κ3) is 3.86. The molecule has 0 aromatic heterocycles. The summed E-state index contributed by atoms with van der Waals surface area (Å²) in [6.45, 7) is 0.234. The minimum absolute atomic E-state index is 0.0448. The van der Waals surface area contributed by atoms with Gasteiger partial charge >= 0.3 is 0 Å². The fraction of sp³-hybridized carbons (Fsp3) is 0.200. The van der Waals surface area contributed by atoms with Gasteiger partial charge in [0.15, 0.2) is 0 Å². The van der Waals surface area contributed by atoms with Crippen LogP contribution in [0.15, 0.2) is 42.5 Å². The highest BCUT2D eigenvalue weighted by molar-refractivity contribution is 6.17. The molecule has 0 amide bonds. The van der Waals surface area contributed by atoms with Crippen molar-refractivity contribution in [3.8, 4) is 11.5 Å². The molecule has 0 N–H and O–H groups in total. The van der Waals surface area contributed by atoms with Crippen molar-refractivity contribution in [3.05, 3.63) is 63.7 Å². The molecule has 0 saturated carbocycles. The Labute approximate surface area is 127 Å². The van der Waals surface area contributed by atoms with Crippen molar-refractivity contribution in [2.45, 2.75) is 12.5 Å². The zero-order valence-corrected chi connectivity index (χ0v) is 12.2. The zero-order valence-electron chi connectivity index (χ0n) is 11.4. The first-order valence-corrected chi connectivity index (χ1v) is 6.76. The number of nitro groups is 1. The van der Waals surface area contributed by atoms with Gasteiger partial charge in [-0.3, -0.25) is 10.1 Å². The van der Waals surface area contributed by atoms with Gasteiger partial charge in [-0.15, -0.1) is 11.6 Å². The Morgan fingerprint density at radius 3 is 2.71 bits per heavy atom. The van der Waals surface area contributed by atoms with E-state index in [0.717, 1.165) is 11.1 Å². The van der Waals surface area contributed by atoms with Crippen molar-refractivity contribution in [1.82, 2.24) is 0 Å². The second kappa shape index (κ2) is 6.95. The molecule has 0 fully saturated rings. The summed E-state index contributed by atoms with van der Waals surface area (Å²) in [4.78, 5) is 10.3. The number of non-ortho nitro benzene ring substituents is 1. The fourth-order valence-electron chi connectivity index (χ4n) is 1.85. The average Bonchev–Trinajstić information content (AvgIpc) is 2.53. The van der Waals surface area contributed by atoms with Gasteiger partial charge in [-0.25, -0.2) is 0 Å². The van der Waals surface area contributed by atoms with Crippen LogP contribution in [0.5, 0.6) is 11.5 Å². The Kier molecular flexibility index (Phi) is 5.00. The molecular weight excluding hydrogens is 294 g/mol. The topological polar surface area (TPSA) is 61.6 Å². The number of ether oxygens (including phenoxy) is 2. The lowest BCUT2D eigenvalue weighted by molar-refractivity contribution is -0.384.